The second-order valence-corrected chi connectivity index (χ2v) is 2.23. The lowest BCUT2D eigenvalue weighted by Gasteiger charge is -1.94. The Morgan fingerprint density at radius 2 is 1.42 bits per heavy atom. The number of hydrogen-bond donors (Lipinski definition) is 5. The molecule has 0 bridgehead atoms. The lowest BCUT2D eigenvalue weighted by molar-refractivity contribution is 0.110. The van der Waals surface area contributed by atoms with E-state index >= 15 is 0 Å². The summed E-state index contributed by atoms with van der Waals surface area (Å²) >= 11 is 0. The lowest BCUT2D eigenvalue weighted by atomic mass is 10.5. The Morgan fingerprint density at radius 1 is 1.08 bits per heavy atom. The van der Waals surface area contributed by atoms with Crippen LogP contribution in [-0.2, 0) is 0 Å². The van der Waals surface area contributed by atoms with Gasteiger partial charge in [-0.2, -0.15) is 0 Å². The van der Waals surface area contributed by atoms with Crippen LogP contribution in [0.1, 0.15) is 6.92 Å². The summed E-state index contributed by atoms with van der Waals surface area (Å²) in [5.74, 6) is 0. The van der Waals surface area contributed by atoms with Crippen LogP contribution in [0.3, 0.4) is 0 Å². The summed E-state index contributed by atoms with van der Waals surface area (Å²) in [6, 6.07) is 0. The van der Waals surface area contributed by atoms with E-state index in [1.54, 1.807) is 0 Å². The summed E-state index contributed by atoms with van der Waals surface area (Å²) in [5.41, 5.74) is 0. The number of aliphatic hydroxyl groups excluding tert-OH is 4. The smallest absolute Gasteiger partial charge is 0.0742 e. The van der Waals surface area contributed by atoms with Gasteiger partial charge in [0.2, 0.25) is 0 Å². The molecule has 0 saturated carbocycles. The molecule has 0 aliphatic carbocycles. The molecule has 0 saturated heterocycles. The van der Waals surface area contributed by atoms with Gasteiger partial charge < -0.3 is 25.7 Å². The first-order valence-corrected chi connectivity index (χ1v) is 3.90. The van der Waals surface area contributed by atoms with Crippen LogP contribution >= 0.6 is 0 Å². The van der Waals surface area contributed by atoms with Crippen molar-refractivity contribution in [2.75, 3.05) is 32.9 Å². The van der Waals surface area contributed by atoms with Gasteiger partial charge in [0, 0.05) is 13.1 Å². The monoisotopic (exact) mass is 181 g/mol. The van der Waals surface area contributed by atoms with E-state index in [0.29, 0.717) is 13.1 Å². The van der Waals surface area contributed by atoms with Gasteiger partial charge in [-0.05, 0) is 6.92 Å². The normalized spacial score (nSPS) is 11.8. The Labute approximate surface area is 72.7 Å². The van der Waals surface area contributed by atoms with Crippen molar-refractivity contribution in [3.05, 3.63) is 0 Å². The van der Waals surface area contributed by atoms with Gasteiger partial charge in [0.15, 0.2) is 0 Å². The molecule has 1 unspecified atom stereocenters. The highest BCUT2D eigenvalue weighted by molar-refractivity contribution is 4.39. The van der Waals surface area contributed by atoms with Crippen molar-refractivity contribution in [1.29, 1.82) is 0 Å². The van der Waals surface area contributed by atoms with Crippen LogP contribution in [-0.4, -0.2) is 59.4 Å². The molecule has 0 amide bonds. The van der Waals surface area contributed by atoms with Crippen molar-refractivity contribution in [1.82, 2.24) is 5.32 Å². The minimum atomic E-state index is -0.560. The standard InChI is InChI=1S/C4H11NO2.C3H8O2/c6-3-1-5-2-4-7;1-3(5)2-4/h5-7H,1-4H2;3-5H,2H2,1H3. The Morgan fingerprint density at radius 3 is 1.58 bits per heavy atom. The Balaban J connectivity index is 0. The SMILES string of the molecule is CC(O)CO.OCCNCCO. The van der Waals surface area contributed by atoms with Gasteiger partial charge in [-0.3, -0.25) is 0 Å². The van der Waals surface area contributed by atoms with Gasteiger partial charge in [-0.15, -0.1) is 0 Å². The van der Waals surface area contributed by atoms with Crippen molar-refractivity contribution in [3.63, 3.8) is 0 Å². The van der Waals surface area contributed by atoms with E-state index in [1.807, 2.05) is 0 Å². The molecule has 5 nitrogen and oxygen atoms in total. The fourth-order valence-corrected chi connectivity index (χ4v) is 0.283. The van der Waals surface area contributed by atoms with E-state index in [1.165, 1.54) is 6.92 Å². The molecule has 0 radical (unpaired) electrons. The maximum atomic E-state index is 8.15. The van der Waals surface area contributed by atoms with E-state index in [9.17, 15) is 0 Å². The maximum absolute atomic E-state index is 8.15. The molecule has 0 aliphatic rings. The van der Waals surface area contributed by atoms with E-state index in [4.69, 9.17) is 20.4 Å². The molecule has 0 aromatic carbocycles. The Bertz CT molecular complexity index is 66.4. The van der Waals surface area contributed by atoms with E-state index < -0.39 is 6.10 Å². The van der Waals surface area contributed by atoms with Crippen molar-refractivity contribution < 1.29 is 20.4 Å². The number of hydrogen-bond acceptors (Lipinski definition) is 5. The number of nitrogens with one attached hydrogen (secondary N) is 1. The molecular formula is C7H19NO4. The third-order valence-electron chi connectivity index (χ3n) is 0.841. The Kier molecular flexibility index (Phi) is 16.0. The fraction of sp³-hybridized carbons (Fsp3) is 1.00. The van der Waals surface area contributed by atoms with Gasteiger partial charge in [0.05, 0.1) is 25.9 Å². The largest absolute Gasteiger partial charge is 0.395 e. The van der Waals surface area contributed by atoms with Gasteiger partial charge >= 0.3 is 0 Å². The second-order valence-electron chi connectivity index (χ2n) is 2.23. The minimum absolute atomic E-state index is 0.139. The summed E-state index contributed by atoms with van der Waals surface area (Å²) in [6.45, 7) is 2.81. The molecule has 76 valence electrons. The van der Waals surface area contributed by atoms with Gasteiger partial charge in [-0.25, -0.2) is 0 Å². The first-order valence-electron chi connectivity index (χ1n) is 3.90. The summed E-state index contributed by atoms with van der Waals surface area (Å²) in [6.07, 6.45) is -0.560. The average molecular weight is 181 g/mol. The van der Waals surface area contributed by atoms with Gasteiger partial charge in [0.25, 0.3) is 0 Å². The van der Waals surface area contributed by atoms with Crippen molar-refractivity contribution in [2.45, 2.75) is 13.0 Å². The van der Waals surface area contributed by atoms with Crippen LogP contribution < -0.4 is 5.32 Å². The van der Waals surface area contributed by atoms with Gasteiger partial charge in [-0.1, -0.05) is 0 Å². The molecule has 0 aromatic heterocycles. The zero-order valence-electron chi connectivity index (χ0n) is 7.40. The lowest BCUT2D eigenvalue weighted by Crippen LogP contribution is -2.21. The average Bonchev–Trinajstić information content (AvgIpc) is 2.07. The molecule has 5 N–H and O–H groups in total. The van der Waals surface area contributed by atoms with Crippen molar-refractivity contribution >= 4 is 0 Å². The first kappa shape index (κ1) is 14.3. The predicted molar refractivity (Wildman–Crippen MR) is 45.8 cm³/mol. The van der Waals surface area contributed by atoms with Crippen LogP contribution in [0, 0.1) is 0 Å². The predicted octanol–water partition coefficient (Wildman–Crippen LogP) is -2.08. The molecule has 1 atom stereocenters. The number of rotatable bonds is 5. The highest BCUT2D eigenvalue weighted by Crippen LogP contribution is 1.68. The molecule has 0 fully saturated rings. The summed E-state index contributed by atoms with van der Waals surface area (Å²) in [5, 5.41) is 35.1. The summed E-state index contributed by atoms with van der Waals surface area (Å²) in [4.78, 5) is 0. The van der Waals surface area contributed by atoms with Crippen LogP contribution in [0.25, 0.3) is 0 Å². The fourth-order valence-electron chi connectivity index (χ4n) is 0.283. The van der Waals surface area contributed by atoms with Crippen molar-refractivity contribution in [2.24, 2.45) is 0 Å². The molecular weight excluding hydrogens is 162 g/mol. The zero-order chi connectivity index (χ0) is 9.82. The maximum Gasteiger partial charge on any atom is 0.0742 e. The van der Waals surface area contributed by atoms with Crippen LogP contribution in [0.4, 0.5) is 0 Å². The topological polar surface area (TPSA) is 93.0 Å². The van der Waals surface area contributed by atoms with Crippen molar-refractivity contribution in [3.8, 4) is 0 Å². The zero-order valence-corrected chi connectivity index (χ0v) is 7.40. The van der Waals surface area contributed by atoms with E-state index in [0.717, 1.165) is 0 Å². The Hall–Kier alpha value is -0.200. The summed E-state index contributed by atoms with van der Waals surface area (Å²) in [7, 11) is 0. The van der Waals surface area contributed by atoms with Crippen LogP contribution in [0.2, 0.25) is 0 Å². The van der Waals surface area contributed by atoms with E-state index in [-0.39, 0.29) is 19.8 Å². The molecule has 0 spiro atoms. The quantitative estimate of drug-likeness (QED) is 0.314. The third-order valence-corrected chi connectivity index (χ3v) is 0.841. The molecule has 0 aromatic rings. The van der Waals surface area contributed by atoms with Gasteiger partial charge in [0.1, 0.15) is 0 Å². The van der Waals surface area contributed by atoms with E-state index in [2.05, 4.69) is 5.32 Å². The molecule has 0 aliphatic heterocycles. The molecule has 12 heavy (non-hydrogen) atoms. The highest BCUT2D eigenvalue weighted by Gasteiger charge is 1.83. The molecule has 0 heterocycles. The van der Waals surface area contributed by atoms with Crippen LogP contribution in [0.5, 0.6) is 0 Å². The molecule has 5 heteroatoms. The first-order chi connectivity index (χ1) is 5.68. The third kappa shape index (κ3) is 22.6. The highest BCUT2D eigenvalue weighted by atomic mass is 16.3. The molecule has 0 rings (SSSR count). The second kappa shape index (κ2) is 13.4. The minimum Gasteiger partial charge on any atom is -0.395 e. The number of aliphatic hydroxyl groups is 4. The summed E-state index contributed by atoms with van der Waals surface area (Å²) < 4.78 is 0. The van der Waals surface area contributed by atoms with Crippen LogP contribution in [0.15, 0.2) is 0 Å².